The Labute approximate surface area is 141 Å². The second-order valence-corrected chi connectivity index (χ2v) is 5.70. The number of nitrogens with zero attached hydrogens (tertiary/aromatic N) is 2. The molecule has 0 bridgehead atoms. The summed E-state index contributed by atoms with van der Waals surface area (Å²) < 4.78 is 52.1. The molecule has 3 rings (SSSR count). The Hall–Kier alpha value is -2.48. The molecule has 0 spiro atoms. The van der Waals surface area contributed by atoms with E-state index in [1.54, 1.807) is 24.5 Å². The molecule has 8 heteroatoms. The second kappa shape index (κ2) is 6.79. The average Bonchev–Trinajstić information content (AvgIpc) is 2.61. The van der Waals surface area contributed by atoms with Gasteiger partial charge in [-0.3, -0.25) is 9.78 Å². The summed E-state index contributed by atoms with van der Waals surface area (Å²) in [4.78, 5) is 18.3. The van der Waals surface area contributed by atoms with Gasteiger partial charge in [0.25, 0.3) is 5.91 Å². The Bertz CT molecular complexity index is 764. The van der Waals surface area contributed by atoms with Gasteiger partial charge in [0.05, 0.1) is 11.6 Å². The number of aromatic nitrogens is 1. The number of hydrogen-bond donors (Lipinski definition) is 1. The summed E-state index contributed by atoms with van der Waals surface area (Å²) in [6.07, 6.45) is -1.64. The first-order valence-corrected chi connectivity index (χ1v) is 7.66. The Kier molecular flexibility index (Phi) is 4.71. The molecule has 1 amide bonds. The van der Waals surface area contributed by atoms with Crippen molar-refractivity contribution in [1.29, 1.82) is 0 Å². The van der Waals surface area contributed by atoms with Gasteiger partial charge in [-0.2, -0.15) is 13.2 Å². The van der Waals surface area contributed by atoms with E-state index in [1.807, 2.05) is 0 Å². The molecule has 0 saturated carbocycles. The van der Waals surface area contributed by atoms with Gasteiger partial charge in [-0.05, 0) is 29.8 Å². The minimum absolute atomic E-state index is 0.190. The Morgan fingerprint density at radius 3 is 2.76 bits per heavy atom. The minimum Gasteiger partial charge on any atom is -0.329 e. The third-order valence-electron chi connectivity index (χ3n) is 4.09. The summed E-state index contributed by atoms with van der Waals surface area (Å²) in [6, 6.07) is 5.50. The number of hydrogen-bond acceptors (Lipinski definition) is 3. The Morgan fingerprint density at radius 1 is 1.28 bits per heavy atom. The first-order chi connectivity index (χ1) is 11.9. The molecule has 1 atom stereocenters. The molecule has 1 aliphatic rings. The normalized spacial score (nSPS) is 18.2. The quantitative estimate of drug-likeness (QED) is 0.845. The Balaban J connectivity index is 1.93. The smallest absolute Gasteiger partial charge is 0.329 e. The predicted octanol–water partition coefficient (Wildman–Crippen LogP) is 3.03. The van der Waals surface area contributed by atoms with Crippen LogP contribution in [0.25, 0.3) is 0 Å². The highest BCUT2D eigenvalue weighted by Crippen LogP contribution is 2.33. The van der Waals surface area contributed by atoms with Crippen LogP contribution in [0.1, 0.15) is 27.5 Å². The van der Waals surface area contributed by atoms with Crippen LogP contribution < -0.4 is 5.32 Å². The molecule has 25 heavy (non-hydrogen) atoms. The number of piperazine rings is 1. The zero-order valence-electron chi connectivity index (χ0n) is 13.1. The van der Waals surface area contributed by atoms with Gasteiger partial charge in [-0.15, -0.1) is 0 Å². The summed E-state index contributed by atoms with van der Waals surface area (Å²) in [6.45, 7) is 1.32. The lowest BCUT2D eigenvalue weighted by atomic mass is 10.0. The standard InChI is InChI=1S/C17H15F4N3O/c18-14-4-3-11(8-13(14)17(19,20)21)16(25)24-7-6-23-10-15(24)12-2-1-5-22-9-12/h1-5,8-9,15,23H,6-7,10H2. The van der Waals surface area contributed by atoms with Crippen LogP contribution in [0.4, 0.5) is 17.6 Å². The fourth-order valence-corrected chi connectivity index (χ4v) is 2.86. The number of halogens is 4. The monoisotopic (exact) mass is 353 g/mol. The first-order valence-electron chi connectivity index (χ1n) is 7.66. The van der Waals surface area contributed by atoms with E-state index in [9.17, 15) is 22.4 Å². The molecule has 2 heterocycles. The molecule has 1 saturated heterocycles. The van der Waals surface area contributed by atoms with Crippen molar-refractivity contribution in [2.24, 2.45) is 0 Å². The van der Waals surface area contributed by atoms with Crippen LogP contribution in [0.15, 0.2) is 42.7 Å². The zero-order chi connectivity index (χ0) is 18.0. The largest absolute Gasteiger partial charge is 0.419 e. The number of amides is 1. The summed E-state index contributed by atoms with van der Waals surface area (Å²) in [5.74, 6) is -1.96. The number of carbonyl (C=O) groups excluding carboxylic acids is 1. The number of alkyl halides is 3. The molecule has 1 N–H and O–H groups in total. The molecule has 0 aliphatic carbocycles. The maximum Gasteiger partial charge on any atom is 0.419 e. The van der Waals surface area contributed by atoms with Gasteiger partial charge in [-0.25, -0.2) is 4.39 Å². The van der Waals surface area contributed by atoms with Crippen LogP contribution in [0.2, 0.25) is 0 Å². The van der Waals surface area contributed by atoms with Gasteiger partial charge >= 0.3 is 6.18 Å². The van der Waals surface area contributed by atoms with Gasteiger partial charge in [-0.1, -0.05) is 6.07 Å². The fourth-order valence-electron chi connectivity index (χ4n) is 2.86. The fraction of sp³-hybridized carbons (Fsp3) is 0.294. The number of benzene rings is 1. The van der Waals surface area contributed by atoms with Crippen molar-refractivity contribution in [3.63, 3.8) is 0 Å². The third kappa shape index (κ3) is 3.63. The molecule has 0 radical (unpaired) electrons. The molecule has 2 aromatic rings. The highest BCUT2D eigenvalue weighted by molar-refractivity contribution is 5.94. The van der Waals surface area contributed by atoms with Crippen LogP contribution in [-0.2, 0) is 6.18 Å². The van der Waals surface area contributed by atoms with Crippen LogP contribution in [0.5, 0.6) is 0 Å². The van der Waals surface area contributed by atoms with Crippen LogP contribution in [0, 0.1) is 5.82 Å². The predicted molar refractivity (Wildman–Crippen MR) is 82.3 cm³/mol. The topological polar surface area (TPSA) is 45.2 Å². The molecular formula is C17H15F4N3O. The number of nitrogens with one attached hydrogen (secondary N) is 1. The van der Waals surface area contributed by atoms with E-state index in [2.05, 4.69) is 10.3 Å². The van der Waals surface area contributed by atoms with Crippen molar-refractivity contribution < 1.29 is 22.4 Å². The lowest BCUT2D eigenvalue weighted by Crippen LogP contribution is -2.48. The second-order valence-electron chi connectivity index (χ2n) is 5.70. The van der Waals surface area contributed by atoms with Gasteiger partial charge in [0.15, 0.2) is 0 Å². The zero-order valence-corrected chi connectivity index (χ0v) is 13.1. The molecule has 1 aromatic carbocycles. The molecule has 1 fully saturated rings. The number of carbonyl (C=O) groups is 1. The van der Waals surface area contributed by atoms with Crippen molar-refractivity contribution in [3.8, 4) is 0 Å². The summed E-state index contributed by atoms with van der Waals surface area (Å²) in [5.41, 5.74) is -0.850. The van der Waals surface area contributed by atoms with Crippen molar-refractivity contribution in [2.75, 3.05) is 19.6 Å². The molecule has 132 valence electrons. The van der Waals surface area contributed by atoms with E-state index in [1.165, 1.54) is 4.90 Å². The van der Waals surface area contributed by atoms with E-state index in [4.69, 9.17) is 0 Å². The molecule has 1 aromatic heterocycles. The molecule has 1 unspecified atom stereocenters. The van der Waals surface area contributed by atoms with Gasteiger partial charge in [0, 0.05) is 37.6 Å². The first kappa shape index (κ1) is 17.3. The van der Waals surface area contributed by atoms with E-state index in [0.29, 0.717) is 31.8 Å². The van der Waals surface area contributed by atoms with Gasteiger partial charge in [0.2, 0.25) is 0 Å². The minimum atomic E-state index is -4.85. The van der Waals surface area contributed by atoms with E-state index >= 15 is 0 Å². The number of rotatable bonds is 2. The van der Waals surface area contributed by atoms with E-state index in [-0.39, 0.29) is 11.6 Å². The maximum absolute atomic E-state index is 13.4. The average molecular weight is 353 g/mol. The lowest BCUT2D eigenvalue weighted by Gasteiger charge is -2.36. The van der Waals surface area contributed by atoms with Crippen molar-refractivity contribution in [1.82, 2.24) is 15.2 Å². The summed E-state index contributed by atoms with van der Waals surface area (Å²) in [5, 5.41) is 3.15. The SMILES string of the molecule is O=C(c1ccc(F)c(C(F)(F)F)c1)N1CCNCC1c1cccnc1. The summed E-state index contributed by atoms with van der Waals surface area (Å²) >= 11 is 0. The Morgan fingerprint density at radius 2 is 2.08 bits per heavy atom. The lowest BCUT2D eigenvalue weighted by molar-refractivity contribution is -0.140. The molecule has 1 aliphatic heterocycles. The molecular weight excluding hydrogens is 338 g/mol. The van der Waals surface area contributed by atoms with Crippen LogP contribution in [-0.4, -0.2) is 35.4 Å². The third-order valence-corrected chi connectivity index (χ3v) is 4.09. The van der Waals surface area contributed by atoms with Gasteiger partial charge in [0.1, 0.15) is 5.82 Å². The van der Waals surface area contributed by atoms with Crippen molar-refractivity contribution in [3.05, 3.63) is 65.2 Å². The highest BCUT2D eigenvalue weighted by atomic mass is 19.4. The highest BCUT2D eigenvalue weighted by Gasteiger charge is 2.36. The maximum atomic E-state index is 13.4. The van der Waals surface area contributed by atoms with Crippen LogP contribution >= 0.6 is 0 Å². The van der Waals surface area contributed by atoms with Crippen molar-refractivity contribution in [2.45, 2.75) is 12.2 Å². The van der Waals surface area contributed by atoms with Crippen LogP contribution in [0.3, 0.4) is 0 Å². The number of pyridine rings is 1. The summed E-state index contributed by atoms with van der Waals surface area (Å²) in [7, 11) is 0. The van der Waals surface area contributed by atoms with Gasteiger partial charge < -0.3 is 10.2 Å². The van der Waals surface area contributed by atoms with E-state index < -0.39 is 23.5 Å². The van der Waals surface area contributed by atoms with Crippen molar-refractivity contribution >= 4 is 5.91 Å². The van der Waals surface area contributed by atoms with E-state index in [0.717, 1.165) is 11.6 Å². The molecule has 4 nitrogen and oxygen atoms in total.